The third kappa shape index (κ3) is 3.07. The van der Waals surface area contributed by atoms with Crippen molar-refractivity contribution in [3.05, 3.63) is 40.9 Å². The Balaban J connectivity index is 1.37. The van der Waals surface area contributed by atoms with Gasteiger partial charge in [-0.25, -0.2) is 0 Å². The van der Waals surface area contributed by atoms with Gasteiger partial charge in [0.15, 0.2) is 5.78 Å². The van der Waals surface area contributed by atoms with E-state index in [1.807, 2.05) is 30.3 Å². The van der Waals surface area contributed by atoms with Crippen LogP contribution in [0.15, 0.2) is 35.9 Å². The minimum absolute atomic E-state index is 0.0695. The van der Waals surface area contributed by atoms with Crippen molar-refractivity contribution in [3.63, 3.8) is 0 Å². The van der Waals surface area contributed by atoms with E-state index in [4.69, 9.17) is 11.6 Å². The normalized spacial score (nSPS) is 40.1. The van der Waals surface area contributed by atoms with Crippen molar-refractivity contribution in [2.24, 2.45) is 34.5 Å². The van der Waals surface area contributed by atoms with E-state index < -0.39 is 0 Å². The van der Waals surface area contributed by atoms with Crippen molar-refractivity contribution in [2.75, 3.05) is 5.32 Å². The summed E-state index contributed by atoms with van der Waals surface area (Å²) in [5, 5.41) is 3.79. The zero-order chi connectivity index (χ0) is 21.1. The summed E-state index contributed by atoms with van der Waals surface area (Å²) in [7, 11) is 0. The van der Waals surface area contributed by atoms with Crippen molar-refractivity contribution in [3.8, 4) is 0 Å². The number of carbonyl (C=O) groups excluding carboxylic acids is 2. The lowest BCUT2D eigenvalue weighted by Gasteiger charge is -2.58. The molecule has 1 aromatic carbocycles. The Labute approximate surface area is 184 Å². The van der Waals surface area contributed by atoms with Crippen molar-refractivity contribution in [1.29, 1.82) is 0 Å². The molecule has 160 valence electrons. The minimum atomic E-state index is 0.0695. The Kier molecular flexibility index (Phi) is 4.89. The molecule has 4 aliphatic carbocycles. The molecule has 1 aromatic rings. The summed E-state index contributed by atoms with van der Waals surface area (Å²) in [5.41, 5.74) is 2.47. The number of allylic oxidation sites excluding steroid dienone is 1. The molecule has 0 aliphatic heterocycles. The first kappa shape index (κ1) is 20.3. The number of hydrogen-bond acceptors (Lipinski definition) is 2. The molecule has 4 aliphatic rings. The molecular weight excluding hydrogens is 394 g/mol. The van der Waals surface area contributed by atoms with Gasteiger partial charge in [-0.3, -0.25) is 9.59 Å². The van der Waals surface area contributed by atoms with E-state index in [1.165, 1.54) is 18.4 Å². The predicted molar refractivity (Wildman–Crippen MR) is 120 cm³/mol. The number of carbonyl (C=O) groups is 2. The van der Waals surface area contributed by atoms with E-state index in [0.29, 0.717) is 35.0 Å². The number of amides is 1. The van der Waals surface area contributed by atoms with Crippen LogP contribution in [0, 0.1) is 34.5 Å². The number of hydrogen-bond donors (Lipinski definition) is 1. The topological polar surface area (TPSA) is 46.2 Å². The van der Waals surface area contributed by atoms with Crippen molar-refractivity contribution >= 4 is 29.0 Å². The van der Waals surface area contributed by atoms with Gasteiger partial charge in [0.05, 0.1) is 0 Å². The second kappa shape index (κ2) is 7.22. The van der Waals surface area contributed by atoms with Gasteiger partial charge < -0.3 is 5.32 Å². The SMILES string of the molecule is C[C@]12CCC(=O)C=C1CCC1C2CC[C@@]2(C)C1CC[C@@H]2C(=O)Nc1cccc(Cl)c1. The molecule has 6 atom stereocenters. The van der Waals surface area contributed by atoms with E-state index in [2.05, 4.69) is 19.2 Å². The molecule has 3 nitrogen and oxygen atoms in total. The van der Waals surface area contributed by atoms with E-state index >= 15 is 0 Å². The molecule has 0 aromatic heterocycles. The number of ketones is 1. The molecule has 3 saturated carbocycles. The van der Waals surface area contributed by atoms with Crippen molar-refractivity contribution in [1.82, 2.24) is 0 Å². The van der Waals surface area contributed by atoms with Crippen LogP contribution in [0.1, 0.15) is 65.2 Å². The molecule has 0 radical (unpaired) electrons. The fourth-order valence-electron chi connectivity index (χ4n) is 7.79. The maximum Gasteiger partial charge on any atom is 0.228 e. The Morgan fingerprint density at radius 1 is 1.07 bits per heavy atom. The van der Waals surface area contributed by atoms with Crippen LogP contribution < -0.4 is 5.32 Å². The third-order valence-corrected chi connectivity index (χ3v) is 9.61. The summed E-state index contributed by atoms with van der Waals surface area (Å²) in [6.45, 7) is 4.80. The van der Waals surface area contributed by atoms with Crippen LogP contribution in [-0.4, -0.2) is 11.7 Å². The highest BCUT2D eigenvalue weighted by Gasteiger charge is 2.60. The van der Waals surface area contributed by atoms with Crippen LogP contribution in [0.3, 0.4) is 0 Å². The second-order valence-corrected chi connectivity index (χ2v) is 11.1. The van der Waals surface area contributed by atoms with Gasteiger partial charge in [0.25, 0.3) is 0 Å². The van der Waals surface area contributed by atoms with Gasteiger partial charge in [0.2, 0.25) is 5.91 Å². The number of anilines is 1. The van der Waals surface area contributed by atoms with Crippen LogP contribution in [-0.2, 0) is 9.59 Å². The zero-order valence-electron chi connectivity index (χ0n) is 18.0. The van der Waals surface area contributed by atoms with E-state index in [9.17, 15) is 9.59 Å². The first-order chi connectivity index (χ1) is 14.3. The average Bonchev–Trinajstić information content (AvgIpc) is 3.06. The quantitative estimate of drug-likeness (QED) is 0.593. The smallest absolute Gasteiger partial charge is 0.228 e. The summed E-state index contributed by atoms with van der Waals surface area (Å²) in [6.07, 6.45) is 10.4. The summed E-state index contributed by atoms with van der Waals surface area (Å²) >= 11 is 6.10. The minimum Gasteiger partial charge on any atom is -0.326 e. The molecule has 5 rings (SSSR count). The maximum absolute atomic E-state index is 13.3. The molecule has 3 unspecified atom stereocenters. The lowest BCUT2D eigenvalue weighted by molar-refractivity contribution is -0.127. The summed E-state index contributed by atoms with van der Waals surface area (Å²) in [4.78, 5) is 25.3. The molecule has 0 saturated heterocycles. The zero-order valence-corrected chi connectivity index (χ0v) is 18.8. The van der Waals surface area contributed by atoms with Crippen molar-refractivity contribution in [2.45, 2.75) is 65.2 Å². The molecule has 3 fully saturated rings. The van der Waals surface area contributed by atoms with Gasteiger partial charge in [-0.2, -0.15) is 0 Å². The van der Waals surface area contributed by atoms with Crippen LogP contribution in [0.25, 0.3) is 0 Å². The molecule has 1 N–H and O–H groups in total. The average molecular weight is 426 g/mol. The lowest BCUT2D eigenvalue weighted by Crippen LogP contribution is -2.51. The number of fused-ring (bicyclic) bond motifs is 5. The van der Waals surface area contributed by atoms with Crippen LogP contribution >= 0.6 is 11.6 Å². The molecule has 0 bridgehead atoms. The highest BCUT2D eigenvalue weighted by atomic mass is 35.5. The Bertz CT molecular complexity index is 923. The van der Waals surface area contributed by atoms with Gasteiger partial charge in [0.1, 0.15) is 0 Å². The predicted octanol–water partition coefficient (Wildman–Crippen LogP) is 6.43. The lowest BCUT2D eigenvalue weighted by atomic mass is 9.47. The van der Waals surface area contributed by atoms with Crippen LogP contribution in [0.5, 0.6) is 0 Å². The number of halogens is 1. The fraction of sp³-hybridized carbons (Fsp3) is 0.615. The van der Waals surface area contributed by atoms with E-state index in [1.54, 1.807) is 0 Å². The molecule has 1 amide bonds. The molecule has 0 spiro atoms. The van der Waals surface area contributed by atoms with Gasteiger partial charge >= 0.3 is 0 Å². The number of benzene rings is 1. The fourth-order valence-corrected chi connectivity index (χ4v) is 7.98. The Morgan fingerprint density at radius 3 is 2.70 bits per heavy atom. The van der Waals surface area contributed by atoms with Gasteiger partial charge in [-0.05, 0) is 97.8 Å². The van der Waals surface area contributed by atoms with Gasteiger partial charge in [-0.15, -0.1) is 0 Å². The summed E-state index contributed by atoms with van der Waals surface area (Å²) < 4.78 is 0. The first-order valence-corrected chi connectivity index (χ1v) is 12.0. The standard InChI is InChI=1S/C26H32ClNO2/c1-25-12-10-19(29)14-16(25)6-7-20-21-8-9-23(26(21,2)13-11-22(20)25)24(30)28-18-5-3-4-17(27)15-18/h3-5,14-15,20-23H,6-13H2,1-2H3,(H,28,30)/t20?,21?,22?,23-,25+,26+/m1/s1. The van der Waals surface area contributed by atoms with Crippen molar-refractivity contribution < 1.29 is 9.59 Å². The van der Waals surface area contributed by atoms with E-state index in [-0.39, 0.29) is 22.7 Å². The maximum atomic E-state index is 13.3. The highest BCUT2D eigenvalue weighted by Crippen LogP contribution is 2.66. The molecular formula is C26H32ClNO2. The van der Waals surface area contributed by atoms with Gasteiger partial charge in [0, 0.05) is 23.0 Å². The van der Waals surface area contributed by atoms with Crippen LogP contribution in [0.4, 0.5) is 5.69 Å². The summed E-state index contributed by atoms with van der Waals surface area (Å²) in [6, 6.07) is 7.45. The first-order valence-electron chi connectivity index (χ1n) is 11.6. The highest BCUT2D eigenvalue weighted by molar-refractivity contribution is 6.30. The van der Waals surface area contributed by atoms with Gasteiger partial charge in [-0.1, -0.05) is 37.1 Å². The third-order valence-electron chi connectivity index (χ3n) is 9.37. The summed E-state index contributed by atoms with van der Waals surface area (Å²) in [5.74, 6) is 2.51. The van der Waals surface area contributed by atoms with Crippen LogP contribution in [0.2, 0.25) is 5.02 Å². The largest absolute Gasteiger partial charge is 0.326 e. The number of nitrogens with one attached hydrogen (secondary N) is 1. The monoisotopic (exact) mass is 425 g/mol. The molecule has 30 heavy (non-hydrogen) atoms. The second-order valence-electron chi connectivity index (χ2n) is 10.6. The Hall–Kier alpha value is -1.61. The number of rotatable bonds is 2. The molecule has 4 heteroatoms. The molecule has 0 heterocycles. The Morgan fingerprint density at radius 2 is 1.90 bits per heavy atom. The van der Waals surface area contributed by atoms with E-state index in [0.717, 1.165) is 37.8 Å².